The number of carbonyl (C=O) groups is 4. The van der Waals surface area contributed by atoms with Gasteiger partial charge in [-0.2, -0.15) is 0 Å². The zero-order valence-corrected chi connectivity index (χ0v) is 44.7. The molecule has 0 radical (unpaired) electrons. The fraction of sp³-hybridized carbons (Fsp3) is 0.889. The van der Waals surface area contributed by atoms with Crippen molar-refractivity contribution >= 4 is 52.1 Å². The van der Waals surface area contributed by atoms with Crippen LogP contribution in [0.25, 0.3) is 4.85 Å². The highest BCUT2D eigenvalue weighted by atomic mass is 32.2. The Bertz CT molecular complexity index is 1290. The summed E-state index contributed by atoms with van der Waals surface area (Å²) in [5, 5.41) is 0. The molecule has 0 amide bonds. The predicted octanol–water partition coefficient (Wildman–Crippen LogP) is 15.4. The number of hydrogen-bond donors (Lipinski definition) is 0. The second kappa shape index (κ2) is 44.0. The van der Waals surface area contributed by atoms with Crippen molar-refractivity contribution in [2.24, 2.45) is 0 Å². The van der Waals surface area contributed by atoms with E-state index in [4.69, 9.17) is 42.5 Å². The number of rotatable bonds is 47. The summed E-state index contributed by atoms with van der Waals surface area (Å²) >= 11 is 6.48. The Morgan fingerprint density at radius 1 is 0.545 bits per heavy atom. The summed E-state index contributed by atoms with van der Waals surface area (Å²) in [5.74, 6) is -1.86. The summed E-state index contributed by atoms with van der Waals surface area (Å²) in [6, 6.07) is 0. The molecule has 384 valence electrons. The number of thioether (sulfide) groups is 1. The molecule has 12 heteroatoms. The first-order valence-corrected chi connectivity index (χ1v) is 27.8. The molecule has 3 atom stereocenters. The predicted molar refractivity (Wildman–Crippen MR) is 277 cm³/mol. The number of esters is 4. The number of carbonyl (C=O) groups excluding carboxylic acids is 4. The molecule has 0 saturated carbocycles. The van der Waals surface area contributed by atoms with Gasteiger partial charge in [-0.1, -0.05) is 206 Å². The van der Waals surface area contributed by atoms with Crippen LogP contribution in [0.2, 0.25) is 0 Å². The van der Waals surface area contributed by atoms with Gasteiger partial charge in [-0.05, 0) is 26.7 Å². The summed E-state index contributed by atoms with van der Waals surface area (Å²) < 4.78 is 26.7. The summed E-state index contributed by atoms with van der Waals surface area (Å²) in [7, 11) is 1.52. The van der Waals surface area contributed by atoms with Crippen LogP contribution in [0.4, 0.5) is 0 Å². The van der Waals surface area contributed by atoms with E-state index in [2.05, 4.69) is 18.7 Å². The van der Waals surface area contributed by atoms with Crippen molar-refractivity contribution in [2.45, 2.75) is 276 Å². The minimum Gasteiger partial charge on any atom is -0.462 e. The van der Waals surface area contributed by atoms with E-state index in [1.165, 1.54) is 167 Å². The number of ether oxygens (including phenoxy) is 5. The maximum Gasteiger partial charge on any atom is 0.322 e. The SMILES string of the molecule is [C-]#[N+]C(C)(CCC(=O)OC[C@@H](COC(=O)CCCCCCCCCCCCCCCCC)OC(=O)CCCCCCCCCCCCCCCCC)CC(C)(SC(C)=S)C(=O)OCCOC. The van der Waals surface area contributed by atoms with Gasteiger partial charge in [0.25, 0.3) is 0 Å². The van der Waals surface area contributed by atoms with E-state index in [0.29, 0.717) is 10.6 Å². The summed E-state index contributed by atoms with van der Waals surface area (Å²) in [6.45, 7) is 17.4. The zero-order chi connectivity index (χ0) is 49.0. The number of hydrogen-bond acceptors (Lipinski definition) is 11. The van der Waals surface area contributed by atoms with E-state index < -0.39 is 34.3 Å². The van der Waals surface area contributed by atoms with Crippen molar-refractivity contribution in [3.05, 3.63) is 11.4 Å². The average Bonchev–Trinajstić information content (AvgIpc) is 3.28. The molecular formula is C54H97NO9S2. The summed E-state index contributed by atoms with van der Waals surface area (Å²) in [5.41, 5.74) is -1.10. The molecule has 0 N–H and O–H groups in total. The Hall–Kier alpha value is -2.23. The van der Waals surface area contributed by atoms with Gasteiger partial charge in [0.15, 0.2) is 6.10 Å². The standard InChI is InChI=1S/C54H97NO9S2/c1-8-10-12-14-16-18-20-22-24-26-28-30-32-34-36-38-49(56)62-44-48(64-51(58)39-37-35-33-31-29-27-25-23-21-19-17-15-13-11-9-2)45-63-50(57)40-41-53(4,55-6)46-54(5,66-47(3)65)52(59)61-43-42-60-7/h48H,8-46H2,1-5,7H3/t48-,53?,54?/m1/s1. The highest BCUT2D eigenvalue weighted by Crippen LogP contribution is 2.39. The highest BCUT2D eigenvalue weighted by Gasteiger charge is 2.47. The van der Waals surface area contributed by atoms with Crippen molar-refractivity contribution in [2.75, 3.05) is 33.5 Å². The minimum atomic E-state index is -1.15. The van der Waals surface area contributed by atoms with Gasteiger partial charge in [0.05, 0.1) is 19.4 Å². The molecule has 0 aliphatic carbocycles. The molecular weight excluding hydrogens is 871 g/mol. The van der Waals surface area contributed by atoms with Crippen molar-refractivity contribution in [3.63, 3.8) is 0 Å². The lowest BCUT2D eigenvalue weighted by Gasteiger charge is -2.30. The van der Waals surface area contributed by atoms with Crippen LogP contribution < -0.4 is 0 Å². The highest BCUT2D eigenvalue weighted by molar-refractivity contribution is 8.24. The third kappa shape index (κ3) is 38.7. The van der Waals surface area contributed by atoms with Crippen LogP contribution in [0.5, 0.6) is 0 Å². The fourth-order valence-electron chi connectivity index (χ4n) is 8.28. The quantitative estimate of drug-likeness (QED) is 0.0191. The molecule has 0 saturated heterocycles. The van der Waals surface area contributed by atoms with Gasteiger partial charge < -0.3 is 28.5 Å². The number of methoxy groups -OCH3 is 1. The van der Waals surface area contributed by atoms with E-state index in [0.717, 1.165) is 38.5 Å². The maximum absolute atomic E-state index is 13.1. The molecule has 0 heterocycles. The lowest BCUT2D eigenvalue weighted by Crippen LogP contribution is -2.42. The average molecular weight is 969 g/mol. The van der Waals surface area contributed by atoms with E-state index in [1.54, 1.807) is 20.8 Å². The first kappa shape index (κ1) is 63.8. The maximum atomic E-state index is 13.1. The third-order valence-electron chi connectivity index (χ3n) is 12.3. The normalized spacial score (nSPS) is 13.5. The monoisotopic (exact) mass is 968 g/mol. The molecule has 10 nitrogen and oxygen atoms in total. The molecule has 0 spiro atoms. The van der Waals surface area contributed by atoms with Crippen LogP contribution in [0, 0.1) is 6.57 Å². The van der Waals surface area contributed by atoms with E-state index in [-0.39, 0.29) is 64.5 Å². The summed E-state index contributed by atoms with van der Waals surface area (Å²) in [6.07, 6.45) is 36.8. The van der Waals surface area contributed by atoms with Crippen molar-refractivity contribution in [1.29, 1.82) is 0 Å². The molecule has 0 aromatic carbocycles. The van der Waals surface area contributed by atoms with Crippen molar-refractivity contribution in [1.82, 2.24) is 0 Å². The number of nitrogens with zero attached hydrogens (tertiary/aromatic N) is 1. The lowest BCUT2D eigenvalue weighted by atomic mass is 9.86. The fourth-order valence-corrected chi connectivity index (χ4v) is 9.99. The number of unbranched alkanes of at least 4 members (excludes halogenated alkanes) is 28. The molecule has 0 rings (SSSR count). The smallest absolute Gasteiger partial charge is 0.322 e. The molecule has 0 aliphatic rings. The molecule has 0 aliphatic heterocycles. The molecule has 0 aromatic heterocycles. The van der Waals surface area contributed by atoms with Gasteiger partial charge in [-0.25, -0.2) is 6.57 Å². The van der Waals surface area contributed by atoms with Gasteiger partial charge in [0.1, 0.15) is 24.6 Å². The topological polar surface area (TPSA) is 119 Å². The largest absolute Gasteiger partial charge is 0.462 e. The van der Waals surface area contributed by atoms with Crippen molar-refractivity contribution in [3.8, 4) is 0 Å². The molecule has 0 bridgehead atoms. The Balaban J connectivity index is 4.94. The molecule has 66 heavy (non-hydrogen) atoms. The van der Waals surface area contributed by atoms with Crippen LogP contribution in [-0.2, 0) is 42.9 Å². The van der Waals surface area contributed by atoms with Gasteiger partial charge in [-0.3, -0.25) is 19.2 Å². The Kier molecular flexibility index (Phi) is 42.5. The van der Waals surface area contributed by atoms with E-state index >= 15 is 0 Å². The van der Waals surface area contributed by atoms with E-state index in [1.807, 2.05) is 0 Å². The molecule has 0 aromatic rings. The van der Waals surface area contributed by atoms with Crippen LogP contribution in [0.15, 0.2) is 0 Å². The first-order valence-electron chi connectivity index (χ1n) is 26.6. The van der Waals surface area contributed by atoms with E-state index in [9.17, 15) is 19.2 Å². The number of thiocarbonyl (C=S) groups is 1. The second-order valence-electron chi connectivity index (χ2n) is 19.1. The van der Waals surface area contributed by atoms with Gasteiger partial charge in [-0.15, -0.1) is 11.8 Å². The summed E-state index contributed by atoms with van der Waals surface area (Å²) in [4.78, 5) is 55.7. The van der Waals surface area contributed by atoms with Crippen LogP contribution >= 0.6 is 24.0 Å². The van der Waals surface area contributed by atoms with Crippen molar-refractivity contribution < 1.29 is 42.9 Å². The Morgan fingerprint density at radius 2 is 0.909 bits per heavy atom. The zero-order valence-electron chi connectivity index (χ0n) is 43.1. The molecule has 2 unspecified atom stereocenters. The Morgan fingerprint density at radius 3 is 1.27 bits per heavy atom. The van der Waals surface area contributed by atoms with Crippen LogP contribution in [-0.4, -0.2) is 78.0 Å². The third-order valence-corrected chi connectivity index (χ3v) is 13.6. The Labute approximate surface area is 413 Å². The van der Waals surface area contributed by atoms with Gasteiger partial charge in [0.2, 0.25) is 5.54 Å². The lowest BCUT2D eigenvalue weighted by molar-refractivity contribution is -0.167. The van der Waals surface area contributed by atoms with Crippen LogP contribution in [0.1, 0.15) is 259 Å². The second-order valence-corrected chi connectivity index (χ2v) is 21.7. The first-order chi connectivity index (χ1) is 31.8. The van der Waals surface area contributed by atoms with Gasteiger partial charge >= 0.3 is 23.9 Å². The minimum absolute atomic E-state index is 0.0725. The van der Waals surface area contributed by atoms with Crippen LogP contribution in [0.3, 0.4) is 0 Å². The molecule has 0 fully saturated rings. The van der Waals surface area contributed by atoms with Gasteiger partial charge in [0, 0.05) is 37.5 Å².